The zero-order chi connectivity index (χ0) is 17.4. The fourth-order valence-electron chi connectivity index (χ4n) is 2.85. The first-order valence-electron chi connectivity index (χ1n) is 8.73. The molecule has 1 saturated heterocycles. The van der Waals surface area contributed by atoms with Crippen LogP contribution in [0.25, 0.3) is 0 Å². The number of phenolic OH excluding ortho intramolecular Hbond substituents is 1. The molecule has 1 aromatic carbocycles. The van der Waals surface area contributed by atoms with Crippen molar-refractivity contribution >= 4 is 35.8 Å². The van der Waals surface area contributed by atoms with Gasteiger partial charge in [0, 0.05) is 38.6 Å². The molecule has 1 aliphatic heterocycles. The Morgan fingerprint density at radius 3 is 2.88 bits per heavy atom. The summed E-state index contributed by atoms with van der Waals surface area (Å²) in [7, 11) is 0. The van der Waals surface area contributed by atoms with Crippen molar-refractivity contribution in [2.24, 2.45) is 4.99 Å². The molecule has 1 atom stereocenters. The second kappa shape index (κ2) is 11.2. The lowest BCUT2D eigenvalue weighted by molar-refractivity contribution is -0.129. The number of phenols is 1. The highest BCUT2D eigenvalue weighted by molar-refractivity contribution is 14.0. The Morgan fingerprint density at radius 2 is 2.20 bits per heavy atom. The van der Waals surface area contributed by atoms with Crippen LogP contribution in [0.2, 0.25) is 0 Å². The summed E-state index contributed by atoms with van der Waals surface area (Å²) in [5.74, 6) is 1.28. The van der Waals surface area contributed by atoms with Crippen molar-refractivity contribution in [1.29, 1.82) is 0 Å². The van der Waals surface area contributed by atoms with Crippen LogP contribution in [0.15, 0.2) is 29.3 Å². The van der Waals surface area contributed by atoms with Crippen LogP contribution in [0, 0.1) is 0 Å². The Kier molecular flexibility index (Phi) is 9.62. The number of likely N-dealkylation sites (tertiary alicyclic amines) is 1. The van der Waals surface area contributed by atoms with E-state index in [1.807, 2.05) is 30.9 Å². The fraction of sp³-hybridized carbons (Fsp3) is 0.556. The zero-order valence-electron chi connectivity index (χ0n) is 15.0. The molecule has 7 heteroatoms. The topological polar surface area (TPSA) is 77.0 Å². The van der Waals surface area contributed by atoms with E-state index in [9.17, 15) is 9.90 Å². The monoisotopic (exact) mass is 460 g/mol. The van der Waals surface area contributed by atoms with Crippen molar-refractivity contribution in [3.05, 3.63) is 29.8 Å². The molecule has 1 amide bonds. The second-order valence-electron chi connectivity index (χ2n) is 6.00. The summed E-state index contributed by atoms with van der Waals surface area (Å²) >= 11 is 0. The summed E-state index contributed by atoms with van der Waals surface area (Å²) in [4.78, 5) is 18.3. The van der Waals surface area contributed by atoms with Gasteiger partial charge in [0.25, 0.3) is 0 Å². The molecule has 1 unspecified atom stereocenters. The minimum atomic E-state index is 0. The summed E-state index contributed by atoms with van der Waals surface area (Å²) in [5.41, 5.74) is 1.06. The maximum atomic E-state index is 11.8. The zero-order valence-corrected chi connectivity index (χ0v) is 17.3. The molecule has 1 fully saturated rings. The van der Waals surface area contributed by atoms with Crippen molar-refractivity contribution in [2.75, 3.05) is 26.2 Å². The molecule has 0 aliphatic carbocycles. The minimum absolute atomic E-state index is 0. The van der Waals surface area contributed by atoms with Crippen molar-refractivity contribution in [3.63, 3.8) is 0 Å². The molecule has 3 N–H and O–H groups in total. The molecule has 140 valence electrons. The molecule has 2 rings (SSSR count). The Bertz CT molecular complexity index is 580. The molecule has 0 bridgehead atoms. The summed E-state index contributed by atoms with van der Waals surface area (Å²) in [5, 5.41) is 16.2. The number of hydrogen-bond donors (Lipinski definition) is 3. The lowest BCUT2D eigenvalue weighted by Crippen LogP contribution is -2.45. The van der Waals surface area contributed by atoms with Gasteiger partial charge in [-0.05, 0) is 37.5 Å². The number of benzene rings is 1. The standard InChI is InChI=1S/C18H28N4O2.HI/c1-3-17(24)22-11-9-15(13-22)21-18(19-4-2)20-10-8-14-6-5-7-16(23)12-14;/h5-7,12,15,23H,3-4,8-11,13H2,1-2H3,(H2,19,20,21);1H. The molecular formula is C18H29IN4O2. The first-order valence-corrected chi connectivity index (χ1v) is 8.73. The normalized spacial score (nSPS) is 17.1. The van der Waals surface area contributed by atoms with Crippen LogP contribution in [0.1, 0.15) is 32.3 Å². The van der Waals surface area contributed by atoms with E-state index in [1.54, 1.807) is 12.1 Å². The minimum Gasteiger partial charge on any atom is -0.508 e. The number of aromatic hydroxyl groups is 1. The van der Waals surface area contributed by atoms with Crippen LogP contribution in [-0.2, 0) is 11.2 Å². The number of carbonyl (C=O) groups excluding carboxylic acids is 1. The Balaban J connectivity index is 0.00000312. The van der Waals surface area contributed by atoms with Gasteiger partial charge in [-0.3, -0.25) is 9.79 Å². The van der Waals surface area contributed by atoms with Crippen molar-refractivity contribution < 1.29 is 9.90 Å². The maximum absolute atomic E-state index is 11.8. The summed E-state index contributed by atoms with van der Waals surface area (Å²) in [6.07, 6.45) is 2.28. The summed E-state index contributed by atoms with van der Waals surface area (Å²) < 4.78 is 0. The lowest BCUT2D eigenvalue weighted by atomic mass is 10.1. The number of guanidine groups is 1. The van der Waals surface area contributed by atoms with Gasteiger partial charge in [0.05, 0.1) is 0 Å². The van der Waals surface area contributed by atoms with Crippen molar-refractivity contribution in [1.82, 2.24) is 15.5 Å². The molecular weight excluding hydrogens is 431 g/mol. The van der Waals surface area contributed by atoms with Crippen LogP contribution >= 0.6 is 24.0 Å². The van der Waals surface area contributed by atoms with Gasteiger partial charge >= 0.3 is 0 Å². The number of carbonyl (C=O) groups is 1. The number of amides is 1. The smallest absolute Gasteiger partial charge is 0.222 e. The third-order valence-corrected chi connectivity index (χ3v) is 4.11. The Morgan fingerprint density at radius 1 is 1.40 bits per heavy atom. The first kappa shape index (κ1) is 21.5. The number of halogens is 1. The molecule has 6 nitrogen and oxygen atoms in total. The largest absolute Gasteiger partial charge is 0.508 e. The first-order chi connectivity index (χ1) is 11.6. The van der Waals surface area contributed by atoms with Gasteiger partial charge < -0.3 is 20.6 Å². The van der Waals surface area contributed by atoms with Crippen LogP contribution < -0.4 is 10.6 Å². The van der Waals surface area contributed by atoms with E-state index in [0.717, 1.165) is 44.0 Å². The molecule has 0 spiro atoms. The van der Waals surface area contributed by atoms with E-state index in [-0.39, 0.29) is 41.7 Å². The van der Waals surface area contributed by atoms with Crippen LogP contribution in [0.4, 0.5) is 0 Å². The van der Waals surface area contributed by atoms with Crippen LogP contribution in [0.5, 0.6) is 5.75 Å². The lowest BCUT2D eigenvalue weighted by Gasteiger charge is -2.18. The van der Waals surface area contributed by atoms with E-state index < -0.39 is 0 Å². The predicted molar refractivity (Wildman–Crippen MR) is 112 cm³/mol. The number of rotatable bonds is 6. The number of hydrogen-bond acceptors (Lipinski definition) is 3. The molecule has 25 heavy (non-hydrogen) atoms. The predicted octanol–water partition coefficient (Wildman–Crippen LogP) is 2.12. The van der Waals surface area contributed by atoms with Crippen LogP contribution in [0.3, 0.4) is 0 Å². The maximum Gasteiger partial charge on any atom is 0.222 e. The molecule has 1 aliphatic rings. The highest BCUT2D eigenvalue weighted by atomic mass is 127. The third-order valence-electron chi connectivity index (χ3n) is 4.11. The van der Waals surface area contributed by atoms with E-state index in [1.165, 1.54) is 0 Å². The average molecular weight is 460 g/mol. The number of nitrogens with one attached hydrogen (secondary N) is 2. The Labute approximate surface area is 167 Å². The van der Waals surface area contributed by atoms with Gasteiger partial charge in [0.1, 0.15) is 5.75 Å². The molecule has 1 aromatic rings. The fourth-order valence-corrected chi connectivity index (χ4v) is 2.85. The SMILES string of the molecule is CCNC(=NCCc1cccc(O)c1)NC1CCN(C(=O)CC)C1.I. The molecule has 0 radical (unpaired) electrons. The number of nitrogens with zero attached hydrogens (tertiary/aromatic N) is 2. The van der Waals surface area contributed by atoms with Crippen molar-refractivity contribution in [3.8, 4) is 5.75 Å². The molecule has 0 aromatic heterocycles. The summed E-state index contributed by atoms with van der Waals surface area (Å²) in [6.45, 7) is 6.92. The summed E-state index contributed by atoms with van der Waals surface area (Å²) in [6, 6.07) is 7.51. The molecule has 0 saturated carbocycles. The van der Waals surface area contributed by atoms with Gasteiger partial charge in [-0.15, -0.1) is 24.0 Å². The second-order valence-corrected chi connectivity index (χ2v) is 6.00. The average Bonchev–Trinajstić information content (AvgIpc) is 3.03. The number of aliphatic imine (C=N–C) groups is 1. The quantitative estimate of drug-likeness (QED) is 0.346. The van der Waals surface area contributed by atoms with Crippen molar-refractivity contribution in [2.45, 2.75) is 39.2 Å². The van der Waals surface area contributed by atoms with Gasteiger partial charge in [-0.1, -0.05) is 19.1 Å². The van der Waals surface area contributed by atoms with Crippen LogP contribution in [-0.4, -0.2) is 54.1 Å². The van der Waals surface area contributed by atoms with E-state index >= 15 is 0 Å². The molecule has 1 heterocycles. The Hall–Kier alpha value is -1.51. The highest BCUT2D eigenvalue weighted by Crippen LogP contribution is 2.12. The van der Waals surface area contributed by atoms with Gasteiger partial charge in [0.2, 0.25) is 5.91 Å². The van der Waals surface area contributed by atoms with E-state index in [2.05, 4.69) is 15.6 Å². The van der Waals surface area contributed by atoms with Gasteiger partial charge in [-0.25, -0.2) is 0 Å². The van der Waals surface area contributed by atoms with Gasteiger partial charge in [-0.2, -0.15) is 0 Å². The highest BCUT2D eigenvalue weighted by Gasteiger charge is 2.25. The van der Waals surface area contributed by atoms with E-state index in [0.29, 0.717) is 13.0 Å². The van der Waals surface area contributed by atoms with E-state index in [4.69, 9.17) is 0 Å². The van der Waals surface area contributed by atoms with Gasteiger partial charge in [0.15, 0.2) is 5.96 Å². The third kappa shape index (κ3) is 7.09.